The van der Waals surface area contributed by atoms with Crippen molar-refractivity contribution in [2.45, 2.75) is 6.92 Å². The molecule has 0 aromatic heterocycles. The minimum Gasteiger partial charge on any atom is -0.449 e. The van der Waals surface area contributed by atoms with Crippen LogP contribution in [0.3, 0.4) is 0 Å². The Morgan fingerprint density at radius 3 is 2.56 bits per heavy atom. The number of rotatable bonds is 5. The molecule has 1 aromatic carbocycles. The number of carbonyl (C=O) groups is 2. The summed E-state index contributed by atoms with van der Waals surface area (Å²) in [5, 5.41) is 0. The third kappa shape index (κ3) is 4.10. The first-order valence-electron chi connectivity index (χ1n) is 4.98. The Labute approximate surface area is 93.8 Å². The van der Waals surface area contributed by atoms with Crippen LogP contribution < -0.4 is 10.9 Å². The Hall–Kier alpha value is -1.88. The van der Waals surface area contributed by atoms with Gasteiger partial charge in [-0.1, -0.05) is 30.3 Å². The Balaban J connectivity index is 2.29. The van der Waals surface area contributed by atoms with Gasteiger partial charge in [0.2, 0.25) is 0 Å². The number of nitrogens with one attached hydrogen (secondary N) is 2. The molecule has 2 N–H and O–H groups in total. The van der Waals surface area contributed by atoms with Crippen LogP contribution in [-0.2, 0) is 4.74 Å². The molecule has 0 unspecified atom stereocenters. The van der Waals surface area contributed by atoms with E-state index in [4.69, 9.17) is 0 Å². The lowest BCUT2D eigenvalue weighted by Gasteiger charge is -2.06. The summed E-state index contributed by atoms with van der Waals surface area (Å²) in [5.41, 5.74) is 5.34. The number of hydrazine groups is 1. The molecule has 5 nitrogen and oxygen atoms in total. The molecular formula is C11H14N2O3. The summed E-state index contributed by atoms with van der Waals surface area (Å²) in [6.45, 7) is 2.03. The van der Waals surface area contributed by atoms with Crippen molar-refractivity contribution in [3.8, 4) is 0 Å². The number of benzene rings is 1. The van der Waals surface area contributed by atoms with E-state index in [9.17, 15) is 9.59 Å². The third-order valence-electron chi connectivity index (χ3n) is 1.81. The van der Waals surface area contributed by atoms with E-state index in [1.807, 2.05) is 6.07 Å². The first-order valence-corrected chi connectivity index (χ1v) is 4.98. The van der Waals surface area contributed by atoms with Gasteiger partial charge in [-0.05, 0) is 6.92 Å². The number of hydrogen-bond acceptors (Lipinski definition) is 4. The Bertz CT molecular complexity index is 352. The molecule has 0 saturated heterocycles. The summed E-state index contributed by atoms with van der Waals surface area (Å²) in [4.78, 5) is 22.4. The Morgan fingerprint density at radius 1 is 1.25 bits per heavy atom. The maximum absolute atomic E-state index is 11.5. The summed E-state index contributed by atoms with van der Waals surface area (Å²) in [7, 11) is 0. The van der Waals surface area contributed by atoms with E-state index in [-0.39, 0.29) is 12.3 Å². The lowest BCUT2D eigenvalue weighted by Crippen LogP contribution is -2.40. The smallest absolute Gasteiger partial charge is 0.421 e. The fourth-order valence-electron chi connectivity index (χ4n) is 1.09. The zero-order chi connectivity index (χ0) is 11.8. The minimum absolute atomic E-state index is 0.0306. The SMILES string of the molecule is CCOC(=O)NNCC(=O)c1ccccc1. The zero-order valence-electron chi connectivity index (χ0n) is 9.03. The number of ketones is 1. The van der Waals surface area contributed by atoms with E-state index in [0.29, 0.717) is 12.2 Å². The number of amides is 1. The topological polar surface area (TPSA) is 67.4 Å². The van der Waals surface area contributed by atoms with E-state index in [0.717, 1.165) is 0 Å². The summed E-state index contributed by atoms with van der Waals surface area (Å²) in [5.74, 6) is -0.0996. The monoisotopic (exact) mass is 222 g/mol. The lowest BCUT2D eigenvalue weighted by atomic mass is 10.1. The Morgan fingerprint density at radius 2 is 1.94 bits per heavy atom. The summed E-state index contributed by atoms with van der Waals surface area (Å²) in [6, 6.07) is 8.84. The molecule has 0 fully saturated rings. The summed E-state index contributed by atoms with van der Waals surface area (Å²) in [6.07, 6.45) is -0.594. The number of carbonyl (C=O) groups excluding carboxylic acids is 2. The molecule has 0 spiro atoms. The van der Waals surface area contributed by atoms with Crippen molar-refractivity contribution in [2.75, 3.05) is 13.2 Å². The summed E-state index contributed by atoms with van der Waals surface area (Å²) >= 11 is 0. The van der Waals surface area contributed by atoms with Gasteiger partial charge in [-0.3, -0.25) is 10.2 Å². The van der Waals surface area contributed by atoms with Gasteiger partial charge >= 0.3 is 6.09 Å². The maximum atomic E-state index is 11.5. The molecule has 0 aliphatic rings. The zero-order valence-corrected chi connectivity index (χ0v) is 9.03. The quantitative estimate of drug-likeness (QED) is 0.578. The van der Waals surface area contributed by atoms with Crippen LogP contribution in [0.5, 0.6) is 0 Å². The van der Waals surface area contributed by atoms with Crippen LogP contribution in [-0.4, -0.2) is 25.0 Å². The van der Waals surface area contributed by atoms with Crippen molar-refractivity contribution in [2.24, 2.45) is 0 Å². The van der Waals surface area contributed by atoms with Crippen molar-refractivity contribution in [1.29, 1.82) is 0 Å². The average molecular weight is 222 g/mol. The molecular weight excluding hydrogens is 208 g/mol. The van der Waals surface area contributed by atoms with Gasteiger partial charge in [0.15, 0.2) is 5.78 Å². The highest BCUT2D eigenvalue weighted by molar-refractivity contribution is 5.97. The molecule has 0 bridgehead atoms. The molecule has 1 aromatic rings. The van der Waals surface area contributed by atoms with Crippen molar-refractivity contribution >= 4 is 11.9 Å². The van der Waals surface area contributed by atoms with Gasteiger partial charge in [-0.2, -0.15) is 0 Å². The van der Waals surface area contributed by atoms with Gasteiger partial charge in [-0.25, -0.2) is 10.2 Å². The highest BCUT2D eigenvalue weighted by Gasteiger charge is 2.05. The van der Waals surface area contributed by atoms with Crippen LogP contribution in [0.4, 0.5) is 4.79 Å². The van der Waals surface area contributed by atoms with Gasteiger partial charge in [0.25, 0.3) is 0 Å². The second kappa shape index (κ2) is 6.58. The van der Waals surface area contributed by atoms with Crippen LogP contribution in [0.15, 0.2) is 30.3 Å². The molecule has 86 valence electrons. The highest BCUT2D eigenvalue weighted by atomic mass is 16.5. The Kier molecular flexibility index (Phi) is 5.01. The van der Waals surface area contributed by atoms with Crippen molar-refractivity contribution in [3.05, 3.63) is 35.9 Å². The van der Waals surface area contributed by atoms with E-state index in [2.05, 4.69) is 15.6 Å². The summed E-state index contributed by atoms with van der Waals surface area (Å²) < 4.78 is 4.61. The molecule has 16 heavy (non-hydrogen) atoms. The van der Waals surface area contributed by atoms with Gasteiger partial charge in [0, 0.05) is 5.56 Å². The third-order valence-corrected chi connectivity index (χ3v) is 1.81. The van der Waals surface area contributed by atoms with Crippen LogP contribution in [0.1, 0.15) is 17.3 Å². The fourth-order valence-corrected chi connectivity index (χ4v) is 1.09. The van der Waals surface area contributed by atoms with Crippen LogP contribution in [0.25, 0.3) is 0 Å². The largest absolute Gasteiger partial charge is 0.449 e. The highest BCUT2D eigenvalue weighted by Crippen LogP contribution is 1.98. The van der Waals surface area contributed by atoms with Gasteiger partial charge in [0.05, 0.1) is 13.2 Å². The maximum Gasteiger partial charge on any atom is 0.421 e. The van der Waals surface area contributed by atoms with E-state index in [1.54, 1.807) is 31.2 Å². The molecule has 0 saturated carbocycles. The minimum atomic E-state index is -0.594. The van der Waals surface area contributed by atoms with Gasteiger partial charge in [0.1, 0.15) is 0 Å². The molecule has 0 atom stereocenters. The van der Waals surface area contributed by atoms with Gasteiger partial charge in [-0.15, -0.1) is 0 Å². The molecule has 0 aliphatic carbocycles. The standard InChI is InChI=1S/C11H14N2O3/c1-2-16-11(15)13-12-8-10(14)9-6-4-3-5-7-9/h3-7,12H,2,8H2,1H3,(H,13,15). The van der Waals surface area contributed by atoms with Crippen LogP contribution in [0.2, 0.25) is 0 Å². The molecule has 1 amide bonds. The van der Waals surface area contributed by atoms with Crippen molar-refractivity contribution in [1.82, 2.24) is 10.9 Å². The van der Waals surface area contributed by atoms with Crippen molar-refractivity contribution in [3.63, 3.8) is 0 Å². The molecule has 0 heterocycles. The molecule has 5 heteroatoms. The molecule has 1 rings (SSSR count). The van der Waals surface area contributed by atoms with Gasteiger partial charge < -0.3 is 4.74 Å². The van der Waals surface area contributed by atoms with E-state index >= 15 is 0 Å². The van der Waals surface area contributed by atoms with E-state index in [1.165, 1.54) is 0 Å². The number of hydrogen-bond donors (Lipinski definition) is 2. The number of Topliss-reactive ketones (excluding diaryl/α,β-unsaturated/α-hetero) is 1. The van der Waals surface area contributed by atoms with Crippen LogP contribution >= 0.6 is 0 Å². The molecule has 0 aliphatic heterocycles. The predicted molar refractivity (Wildman–Crippen MR) is 58.9 cm³/mol. The second-order valence-electron chi connectivity index (χ2n) is 2.99. The number of ether oxygens (including phenoxy) is 1. The first-order chi connectivity index (χ1) is 7.74. The normalized spacial score (nSPS) is 9.56. The fraction of sp³-hybridized carbons (Fsp3) is 0.273. The average Bonchev–Trinajstić information content (AvgIpc) is 2.30. The predicted octanol–water partition coefficient (Wildman–Crippen LogP) is 1.12. The second-order valence-corrected chi connectivity index (χ2v) is 2.99. The first kappa shape index (κ1) is 12.2. The van der Waals surface area contributed by atoms with Crippen LogP contribution in [0, 0.1) is 0 Å². The molecule has 0 radical (unpaired) electrons. The lowest BCUT2D eigenvalue weighted by molar-refractivity contribution is 0.0983. The van der Waals surface area contributed by atoms with Crippen molar-refractivity contribution < 1.29 is 14.3 Å². The van der Waals surface area contributed by atoms with E-state index < -0.39 is 6.09 Å².